The Morgan fingerprint density at radius 1 is 0.431 bits per heavy atom. The van der Waals surface area contributed by atoms with Gasteiger partial charge in [-0.2, -0.15) is 0 Å². The molecular weight excluding hydrogens is 627 g/mol. The van der Waals surface area contributed by atoms with E-state index in [-0.39, 0.29) is 0 Å². The molecule has 0 bridgehead atoms. The van der Waals surface area contributed by atoms with Crippen molar-refractivity contribution >= 4 is 43.7 Å². The summed E-state index contributed by atoms with van der Waals surface area (Å²) < 4.78 is 6.83. The summed E-state index contributed by atoms with van der Waals surface area (Å²) in [6.07, 6.45) is 7.27. The lowest BCUT2D eigenvalue weighted by Gasteiger charge is -2.10. The van der Waals surface area contributed by atoms with Crippen LogP contribution < -0.4 is 0 Å². The van der Waals surface area contributed by atoms with Gasteiger partial charge in [-0.15, -0.1) is 0 Å². The van der Waals surface area contributed by atoms with Gasteiger partial charge in [0, 0.05) is 79.7 Å². The summed E-state index contributed by atoms with van der Waals surface area (Å²) in [7, 11) is 0. The number of aromatic nitrogens is 5. The monoisotopic (exact) mass is 653 g/mol. The van der Waals surface area contributed by atoms with Crippen LogP contribution in [0.4, 0.5) is 0 Å². The second-order valence-electron chi connectivity index (χ2n) is 12.5. The standard InChI is InChI=1S/C45H27N5O/c1-2-8-28(9-3-1)36-22-20-30-18-19-31-21-23-37(49-42(31)41(30)48-36)29-14-16-32(17-15-29)43-45-40(35-12-4-5-13-38(35)50-43)39(33-10-6-24-46-26-33)44(51-45)34-11-7-25-47-27-34/h1-27H. The summed E-state index contributed by atoms with van der Waals surface area (Å²) in [6.45, 7) is 0. The van der Waals surface area contributed by atoms with Gasteiger partial charge in [0.1, 0.15) is 11.5 Å². The fourth-order valence-electron chi connectivity index (χ4n) is 6.99. The van der Waals surface area contributed by atoms with Gasteiger partial charge in [0.15, 0.2) is 5.58 Å². The maximum atomic E-state index is 6.83. The molecule has 10 rings (SSSR count). The van der Waals surface area contributed by atoms with Crippen molar-refractivity contribution < 1.29 is 4.42 Å². The number of pyridine rings is 5. The Hall–Kier alpha value is -7.05. The summed E-state index contributed by atoms with van der Waals surface area (Å²) in [5, 5.41) is 4.12. The summed E-state index contributed by atoms with van der Waals surface area (Å²) in [6, 6.07) is 47.5. The Labute approximate surface area is 292 Å². The summed E-state index contributed by atoms with van der Waals surface area (Å²) in [4.78, 5) is 24.3. The number of hydrogen-bond donors (Lipinski definition) is 0. The van der Waals surface area contributed by atoms with Gasteiger partial charge < -0.3 is 4.42 Å². The van der Waals surface area contributed by atoms with Gasteiger partial charge in [-0.25, -0.2) is 15.0 Å². The van der Waals surface area contributed by atoms with Gasteiger partial charge >= 0.3 is 0 Å². The topological polar surface area (TPSA) is 77.6 Å². The summed E-state index contributed by atoms with van der Waals surface area (Å²) in [5.74, 6) is 0.735. The second-order valence-corrected chi connectivity index (χ2v) is 12.5. The lowest BCUT2D eigenvalue weighted by atomic mass is 9.96. The molecule has 6 heteroatoms. The molecule has 0 unspecified atom stereocenters. The second kappa shape index (κ2) is 11.8. The highest BCUT2D eigenvalue weighted by atomic mass is 16.3. The SMILES string of the molecule is c1ccc(-c2ccc3ccc4ccc(-c5ccc(-c6nc7ccccc7c7c(-c8cccnc8)c(-c8cccnc8)oc67)cc5)nc4c3n2)cc1. The first-order valence-corrected chi connectivity index (χ1v) is 16.8. The van der Waals surface area contributed by atoms with Gasteiger partial charge in [0.25, 0.3) is 0 Å². The molecule has 6 heterocycles. The number of para-hydroxylation sites is 1. The van der Waals surface area contributed by atoms with E-state index in [2.05, 4.69) is 101 Å². The highest BCUT2D eigenvalue weighted by Crippen LogP contribution is 2.46. The third kappa shape index (κ3) is 4.92. The van der Waals surface area contributed by atoms with Gasteiger partial charge in [-0.1, -0.05) is 103 Å². The van der Waals surface area contributed by atoms with Crippen molar-refractivity contribution in [2.24, 2.45) is 0 Å². The zero-order valence-corrected chi connectivity index (χ0v) is 27.2. The number of rotatable bonds is 5. The van der Waals surface area contributed by atoms with E-state index < -0.39 is 0 Å². The third-order valence-electron chi connectivity index (χ3n) is 9.45. The summed E-state index contributed by atoms with van der Waals surface area (Å²) >= 11 is 0. The van der Waals surface area contributed by atoms with Crippen LogP contribution >= 0.6 is 0 Å². The molecule has 4 aromatic carbocycles. The van der Waals surface area contributed by atoms with E-state index >= 15 is 0 Å². The van der Waals surface area contributed by atoms with E-state index in [1.807, 2.05) is 60.9 Å². The average Bonchev–Trinajstić information content (AvgIpc) is 3.62. The lowest BCUT2D eigenvalue weighted by molar-refractivity contribution is 0.632. The van der Waals surface area contributed by atoms with Gasteiger partial charge in [0.2, 0.25) is 0 Å². The van der Waals surface area contributed by atoms with Crippen LogP contribution in [0.1, 0.15) is 0 Å². The van der Waals surface area contributed by atoms with Crippen LogP contribution in [0.15, 0.2) is 169 Å². The third-order valence-corrected chi connectivity index (χ3v) is 9.45. The first-order valence-electron chi connectivity index (χ1n) is 16.8. The van der Waals surface area contributed by atoms with E-state index in [0.717, 1.165) is 99.9 Å². The predicted molar refractivity (Wildman–Crippen MR) is 205 cm³/mol. The molecule has 10 aromatic rings. The van der Waals surface area contributed by atoms with Gasteiger partial charge in [-0.05, 0) is 36.4 Å². The number of fused-ring (bicyclic) bond motifs is 6. The average molecular weight is 654 g/mol. The minimum absolute atomic E-state index is 0.717. The van der Waals surface area contributed by atoms with Crippen LogP contribution in [0.25, 0.3) is 99.9 Å². The van der Waals surface area contributed by atoms with Crippen molar-refractivity contribution in [2.75, 3.05) is 0 Å². The predicted octanol–water partition coefficient (Wildman–Crippen LogP) is 11.2. The molecule has 51 heavy (non-hydrogen) atoms. The van der Waals surface area contributed by atoms with E-state index in [1.165, 1.54) is 0 Å². The van der Waals surface area contributed by atoms with Crippen molar-refractivity contribution in [3.05, 3.63) is 164 Å². The maximum Gasteiger partial charge on any atom is 0.162 e. The Morgan fingerprint density at radius 2 is 1.00 bits per heavy atom. The highest BCUT2D eigenvalue weighted by molar-refractivity contribution is 6.18. The van der Waals surface area contributed by atoms with Crippen molar-refractivity contribution in [1.82, 2.24) is 24.9 Å². The van der Waals surface area contributed by atoms with Crippen LogP contribution in [0.3, 0.4) is 0 Å². The number of benzene rings is 4. The van der Waals surface area contributed by atoms with Crippen LogP contribution in [0.5, 0.6) is 0 Å². The number of nitrogens with zero attached hydrogens (tertiary/aromatic N) is 5. The van der Waals surface area contributed by atoms with E-state index in [4.69, 9.17) is 19.4 Å². The molecule has 0 atom stereocenters. The van der Waals surface area contributed by atoms with Gasteiger partial charge in [0.05, 0.1) is 27.9 Å². The van der Waals surface area contributed by atoms with Crippen molar-refractivity contribution in [2.45, 2.75) is 0 Å². The zero-order valence-electron chi connectivity index (χ0n) is 27.2. The first kappa shape index (κ1) is 28.9. The Morgan fingerprint density at radius 3 is 1.67 bits per heavy atom. The normalized spacial score (nSPS) is 11.5. The molecule has 0 N–H and O–H groups in total. The molecule has 0 aliphatic carbocycles. The van der Waals surface area contributed by atoms with Crippen molar-refractivity contribution in [3.8, 4) is 56.2 Å². The molecular formula is C45H27N5O. The fraction of sp³-hybridized carbons (Fsp3) is 0. The molecule has 0 fully saturated rings. The maximum absolute atomic E-state index is 6.83. The quantitative estimate of drug-likeness (QED) is 0.172. The van der Waals surface area contributed by atoms with Crippen LogP contribution in [-0.4, -0.2) is 24.9 Å². The zero-order chi connectivity index (χ0) is 33.7. The van der Waals surface area contributed by atoms with Gasteiger partial charge in [-0.3, -0.25) is 9.97 Å². The first-order chi connectivity index (χ1) is 25.3. The molecule has 0 radical (unpaired) electrons. The van der Waals surface area contributed by atoms with Crippen molar-refractivity contribution in [3.63, 3.8) is 0 Å². The number of furan rings is 1. The van der Waals surface area contributed by atoms with E-state index in [9.17, 15) is 0 Å². The molecule has 0 amide bonds. The molecule has 0 saturated carbocycles. The van der Waals surface area contributed by atoms with Crippen LogP contribution in [-0.2, 0) is 0 Å². The smallest absolute Gasteiger partial charge is 0.162 e. The summed E-state index contributed by atoms with van der Waals surface area (Å²) in [5.41, 5.74) is 11.8. The largest absolute Gasteiger partial charge is 0.453 e. The number of hydrogen-bond acceptors (Lipinski definition) is 6. The molecule has 0 spiro atoms. The molecule has 238 valence electrons. The lowest BCUT2D eigenvalue weighted by Crippen LogP contribution is -1.91. The molecule has 0 aliphatic rings. The minimum atomic E-state index is 0.717. The van der Waals surface area contributed by atoms with E-state index in [1.54, 1.807) is 12.4 Å². The Balaban J connectivity index is 1.13. The van der Waals surface area contributed by atoms with Crippen LogP contribution in [0.2, 0.25) is 0 Å². The van der Waals surface area contributed by atoms with Crippen LogP contribution in [0, 0.1) is 0 Å². The molecule has 0 saturated heterocycles. The molecule has 6 nitrogen and oxygen atoms in total. The van der Waals surface area contributed by atoms with Crippen molar-refractivity contribution in [1.29, 1.82) is 0 Å². The minimum Gasteiger partial charge on any atom is -0.453 e. The highest BCUT2D eigenvalue weighted by Gasteiger charge is 2.24. The molecule has 0 aliphatic heterocycles. The Bertz CT molecular complexity index is 2890. The van der Waals surface area contributed by atoms with E-state index in [0.29, 0.717) is 0 Å². The Kier molecular flexibility index (Phi) is 6.70. The fourth-order valence-corrected chi connectivity index (χ4v) is 6.99. The molecule has 6 aromatic heterocycles.